The van der Waals surface area contributed by atoms with Gasteiger partial charge in [-0.1, -0.05) is 37.6 Å². The lowest BCUT2D eigenvalue weighted by atomic mass is 10.1. The summed E-state index contributed by atoms with van der Waals surface area (Å²) in [4.78, 5) is 11.7. The van der Waals surface area contributed by atoms with Crippen molar-refractivity contribution in [2.45, 2.75) is 32.4 Å². The van der Waals surface area contributed by atoms with Crippen molar-refractivity contribution in [3.05, 3.63) is 34.3 Å². The number of benzene rings is 1. The maximum absolute atomic E-state index is 11.7. The van der Waals surface area contributed by atoms with Crippen molar-refractivity contribution in [2.75, 3.05) is 12.3 Å². The SMILES string of the molecule is Cc1cc(CC(=O)NCCSC(C)C)ccc1Cl. The normalized spacial score (nSPS) is 10.7. The third-order valence-corrected chi connectivity index (χ3v) is 3.99. The summed E-state index contributed by atoms with van der Waals surface area (Å²) in [5.41, 5.74) is 2.02. The molecule has 1 N–H and O–H groups in total. The van der Waals surface area contributed by atoms with Crippen LogP contribution < -0.4 is 5.32 Å². The molecule has 0 radical (unpaired) electrons. The second-order valence-electron chi connectivity index (χ2n) is 4.53. The molecule has 1 rings (SSSR count). The fraction of sp³-hybridized carbons (Fsp3) is 0.500. The molecule has 4 heteroatoms. The molecule has 0 saturated carbocycles. The molecular formula is C14H20ClNOS. The molecule has 0 aromatic heterocycles. The van der Waals surface area contributed by atoms with E-state index in [0.29, 0.717) is 11.7 Å². The van der Waals surface area contributed by atoms with E-state index in [9.17, 15) is 4.79 Å². The number of amides is 1. The van der Waals surface area contributed by atoms with Gasteiger partial charge in [0.2, 0.25) is 5.91 Å². The summed E-state index contributed by atoms with van der Waals surface area (Å²) >= 11 is 7.80. The van der Waals surface area contributed by atoms with E-state index < -0.39 is 0 Å². The summed E-state index contributed by atoms with van der Waals surface area (Å²) in [5.74, 6) is 1.03. The number of halogens is 1. The zero-order valence-electron chi connectivity index (χ0n) is 11.1. The molecule has 0 saturated heterocycles. The highest BCUT2D eigenvalue weighted by atomic mass is 35.5. The second-order valence-corrected chi connectivity index (χ2v) is 6.62. The minimum atomic E-state index is 0.0704. The highest BCUT2D eigenvalue weighted by Gasteiger charge is 2.04. The van der Waals surface area contributed by atoms with Gasteiger partial charge in [0.15, 0.2) is 0 Å². The minimum absolute atomic E-state index is 0.0704. The summed E-state index contributed by atoms with van der Waals surface area (Å²) in [7, 11) is 0. The van der Waals surface area contributed by atoms with Crippen LogP contribution in [-0.2, 0) is 11.2 Å². The Hall–Kier alpha value is -0.670. The molecule has 1 aromatic carbocycles. The molecule has 100 valence electrons. The third-order valence-electron chi connectivity index (χ3n) is 2.46. The fourth-order valence-corrected chi connectivity index (χ4v) is 2.36. The van der Waals surface area contributed by atoms with E-state index in [-0.39, 0.29) is 5.91 Å². The molecule has 0 aliphatic rings. The van der Waals surface area contributed by atoms with Crippen molar-refractivity contribution in [3.63, 3.8) is 0 Å². The first kappa shape index (κ1) is 15.4. The van der Waals surface area contributed by atoms with Crippen LogP contribution in [0.15, 0.2) is 18.2 Å². The van der Waals surface area contributed by atoms with Gasteiger partial charge in [0.1, 0.15) is 0 Å². The lowest BCUT2D eigenvalue weighted by Crippen LogP contribution is -2.27. The molecule has 18 heavy (non-hydrogen) atoms. The number of thioether (sulfide) groups is 1. The Morgan fingerprint density at radius 2 is 2.17 bits per heavy atom. The van der Waals surface area contributed by atoms with E-state index in [1.165, 1.54) is 0 Å². The van der Waals surface area contributed by atoms with E-state index in [2.05, 4.69) is 19.2 Å². The average molecular weight is 286 g/mol. The molecule has 2 nitrogen and oxygen atoms in total. The second kappa shape index (κ2) is 7.70. The zero-order chi connectivity index (χ0) is 13.5. The molecule has 0 aliphatic heterocycles. The van der Waals surface area contributed by atoms with Crippen LogP contribution in [-0.4, -0.2) is 23.5 Å². The van der Waals surface area contributed by atoms with Crippen LogP contribution in [0.2, 0.25) is 5.02 Å². The summed E-state index contributed by atoms with van der Waals surface area (Å²) in [6.07, 6.45) is 0.421. The van der Waals surface area contributed by atoms with Crippen LogP contribution in [0.25, 0.3) is 0 Å². The summed E-state index contributed by atoms with van der Waals surface area (Å²) < 4.78 is 0. The van der Waals surface area contributed by atoms with E-state index >= 15 is 0 Å². The van der Waals surface area contributed by atoms with Crippen molar-refractivity contribution in [1.29, 1.82) is 0 Å². The predicted molar refractivity (Wildman–Crippen MR) is 80.5 cm³/mol. The number of rotatable bonds is 6. The largest absolute Gasteiger partial charge is 0.355 e. The lowest BCUT2D eigenvalue weighted by Gasteiger charge is -2.07. The zero-order valence-corrected chi connectivity index (χ0v) is 12.7. The highest BCUT2D eigenvalue weighted by molar-refractivity contribution is 7.99. The van der Waals surface area contributed by atoms with Gasteiger partial charge < -0.3 is 5.32 Å². The van der Waals surface area contributed by atoms with Crippen molar-refractivity contribution >= 4 is 29.3 Å². The first-order valence-corrected chi connectivity index (χ1v) is 7.55. The Kier molecular flexibility index (Phi) is 6.58. The van der Waals surface area contributed by atoms with Crippen LogP contribution in [0.4, 0.5) is 0 Å². The van der Waals surface area contributed by atoms with Crippen molar-refractivity contribution in [3.8, 4) is 0 Å². The van der Waals surface area contributed by atoms with Gasteiger partial charge in [-0.2, -0.15) is 11.8 Å². The highest BCUT2D eigenvalue weighted by Crippen LogP contribution is 2.16. The van der Waals surface area contributed by atoms with Gasteiger partial charge in [-0.15, -0.1) is 0 Å². The molecule has 0 spiro atoms. The van der Waals surface area contributed by atoms with Crippen molar-refractivity contribution < 1.29 is 4.79 Å². The van der Waals surface area contributed by atoms with E-state index in [0.717, 1.165) is 28.4 Å². The number of hydrogen-bond donors (Lipinski definition) is 1. The van der Waals surface area contributed by atoms with Crippen LogP contribution in [0.1, 0.15) is 25.0 Å². The Morgan fingerprint density at radius 1 is 1.44 bits per heavy atom. The molecule has 0 unspecified atom stereocenters. The molecule has 0 heterocycles. The number of hydrogen-bond acceptors (Lipinski definition) is 2. The smallest absolute Gasteiger partial charge is 0.224 e. The van der Waals surface area contributed by atoms with Gasteiger partial charge in [-0.3, -0.25) is 4.79 Å². The number of carbonyl (C=O) groups excluding carboxylic acids is 1. The van der Waals surface area contributed by atoms with Gasteiger partial charge >= 0.3 is 0 Å². The fourth-order valence-electron chi connectivity index (χ4n) is 1.55. The van der Waals surface area contributed by atoms with Crippen molar-refractivity contribution in [1.82, 2.24) is 5.32 Å². The summed E-state index contributed by atoms with van der Waals surface area (Å²) in [6.45, 7) is 6.99. The van der Waals surface area contributed by atoms with Gasteiger partial charge in [-0.25, -0.2) is 0 Å². The molecule has 0 fully saturated rings. The summed E-state index contributed by atoms with van der Waals surface area (Å²) in [5, 5.41) is 4.28. The first-order chi connectivity index (χ1) is 8.49. The average Bonchev–Trinajstić information content (AvgIpc) is 2.29. The summed E-state index contributed by atoms with van der Waals surface area (Å²) in [6, 6.07) is 5.71. The Bertz CT molecular complexity index is 407. The van der Waals surface area contributed by atoms with Crippen LogP contribution >= 0.6 is 23.4 Å². The van der Waals surface area contributed by atoms with Gasteiger partial charge in [0, 0.05) is 17.3 Å². The molecule has 0 aliphatic carbocycles. The van der Waals surface area contributed by atoms with E-state index in [1.807, 2.05) is 36.9 Å². The van der Waals surface area contributed by atoms with Crippen LogP contribution in [0.5, 0.6) is 0 Å². The van der Waals surface area contributed by atoms with Crippen LogP contribution in [0, 0.1) is 6.92 Å². The standard InChI is InChI=1S/C14H20ClNOS/c1-10(2)18-7-6-16-14(17)9-12-4-5-13(15)11(3)8-12/h4-5,8,10H,6-7,9H2,1-3H3,(H,16,17). The molecular weight excluding hydrogens is 266 g/mol. The molecule has 1 aromatic rings. The van der Waals surface area contributed by atoms with Gasteiger partial charge in [0.05, 0.1) is 6.42 Å². The molecule has 0 atom stereocenters. The Balaban J connectivity index is 2.33. The maximum atomic E-state index is 11.7. The third kappa shape index (κ3) is 5.78. The van der Waals surface area contributed by atoms with E-state index in [4.69, 9.17) is 11.6 Å². The minimum Gasteiger partial charge on any atom is -0.355 e. The lowest BCUT2D eigenvalue weighted by molar-refractivity contribution is -0.120. The maximum Gasteiger partial charge on any atom is 0.224 e. The predicted octanol–water partition coefficient (Wildman–Crippen LogP) is 3.45. The quantitative estimate of drug-likeness (QED) is 0.811. The number of aryl methyl sites for hydroxylation is 1. The topological polar surface area (TPSA) is 29.1 Å². The Labute approximate surface area is 118 Å². The first-order valence-electron chi connectivity index (χ1n) is 6.12. The number of carbonyl (C=O) groups is 1. The molecule has 0 bridgehead atoms. The number of nitrogens with one attached hydrogen (secondary N) is 1. The van der Waals surface area contributed by atoms with Gasteiger partial charge in [0.25, 0.3) is 0 Å². The molecule has 1 amide bonds. The van der Waals surface area contributed by atoms with Crippen molar-refractivity contribution in [2.24, 2.45) is 0 Å². The van der Waals surface area contributed by atoms with Gasteiger partial charge in [-0.05, 0) is 29.4 Å². The Morgan fingerprint density at radius 3 is 2.78 bits per heavy atom. The monoisotopic (exact) mass is 285 g/mol. The van der Waals surface area contributed by atoms with E-state index in [1.54, 1.807) is 0 Å². The van der Waals surface area contributed by atoms with Crippen LogP contribution in [0.3, 0.4) is 0 Å².